The van der Waals surface area contributed by atoms with Crippen molar-refractivity contribution < 1.29 is 0 Å². The monoisotopic (exact) mass is 287 g/mol. The van der Waals surface area contributed by atoms with Crippen LogP contribution in [-0.2, 0) is 11.1 Å². The van der Waals surface area contributed by atoms with Gasteiger partial charge in [-0.05, 0) is 42.9 Å². The van der Waals surface area contributed by atoms with Gasteiger partial charge in [0.25, 0.3) is 0 Å². The van der Waals surface area contributed by atoms with Crippen LogP contribution in [-0.4, -0.2) is 0 Å². The Hall–Kier alpha value is -1.06. The highest BCUT2D eigenvalue weighted by molar-refractivity contribution is 5.57. The number of hydrogen-bond donors (Lipinski definition) is 3. The zero-order valence-corrected chi connectivity index (χ0v) is 13.0. The first-order valence-corrected chi connectivity index (χ1v) is 8.52. The summed E-state index contributed by atoms with van der Waals surface area (Å²) in [6.45, 7) is 0. The van der Waals surface area contributed by atoms with Gasteiger partial charge in [-0.1, -0.05) is 50.7 Å². The van der Waals surface area contributed by atoms with E-state index in [1.54, 1.807) is 0 Å². The summed E-state index contributed by atoms with van der Waals surface area (Å²) in [5.41, 5.74) is 22.7. The van der Waals surface area contributed by atoms with Crippen molar-refractivity contribution in [2.24, 2.45) is 11.5 Å². The molecule has 2 fully saturated rings. The second kappa shape index (κ2) is 5.62. The molecule has 0 aromatic heterocycles. The molecular formula is C18H29N3. The van der Waals surface area contributed by atoms with Gasteiger partial charge in [-0.2, -0.15) is 0 Å². The second-order valence-electron chi connectivity index (χ2n) is 7.20. The van der Waals surface area contributed by atoms with Gasteiger partial charge in [0.1, 0.15) is 0 Å². The predicted octanol–water partition coefficient (Wildman–Crippen LogP) is 3.51. The van der Waals surface area contributed by atoms with Crippen LogP contribution < -0.4 is 17.2 Å². The standard InChI is InChI=1S/C18H29N3/c19-15-9-7-8-14(17(20)10-3-1-4-11-17)16(15)18(21)12-5-2-6-13-18/h7-9H,1-6,10-13,19-21H2. The van der Waals surface area contributed by atoms with Crippen LogP contribution in [0.2, 0.25) is 0 Å². The molecule has 1 aromatic rings. The maximum atomic E-state index is 6.81. The Balaban J connectivity index is 2.07. The number of rotatable bonds is 2. The summed E-state index contributed by atoms with van der Waals surface area (Å²) in [5, 5.41) is 0. The molecule has 6 N–H and O–H groups in total. The highest BCUT2D eigenvalue weighted by Crippen LogP contribution is 2.45. The van der Waals surface area contributed by atoms with E-state index in [1.807, 2.05) is 12.1 Å². The van der Waals surface area contributed by atoms with E-state index in [9.17, 15) is 0 Å². The highest BCUT2D eigenvalue weighted by atomic mass is 14.8. The van der Waals surface area contributed by atoms with Gasteiger partial charge in [0.05, 0.1) is 0 Å². The first-order chi connectivity index (χ1) is 10.1. The zero-order chi connectivity index (χ0) is 14.9. The highest BCUT2D eigenvalue weighted by Gasteiger charge is 2.39. The molecule has 0 aliphatic heterocycles. The predicted molar refractivity (Wildman–Crippen MR) is 88.8 cm³/mol. The van der Waals surface area contributed by atoms with E-state index in [4.69, 9.17) is 17.2 Å². The van der Waals surface area contributed by atoms with Crippen molar-refractivity contribution in [2.45, 2.75) is 75.3 Å². The SMILES string of the molecule is Nc1cccc(C2(N)CCCCC2)c1C1(N)CCCCC1. The fraction of sp³-hybridized carbons (Fsp3) is 0.667. The number of benzene rings is 1. The molecule has 3 rings (SSSR count). The third-order valence-corrected chi connectivity index (χ3v) is 5.62. The molecule has 0 bridgehead atoms. The molecule has 2 aliphatic carbocycles. The Labute approximate surface area is 128 Å². The van der Waals surface area contributed by atoms with E-state index < -0.39 is 0 Å². The third kappa shape index (κ3) is 2.69. The van der Waals surface area contributed by atoms with Crippen molar-refractivity contribution in [1.82, 2.24) is 0 Å². The topological polar surface area (TPSA) is 78.1 Å². The summed E-state index contributed by atoms with van der Waals surface area (Å²) in [7, 11) is 0. The van der Waals surface area contributed by atoms with Crippen LogP contribution in [0.5, 0.6) is 0 Å². The van der Waals surface area contributed by atoms with E-state index in [-0.39, 0.29) is 11.1 Å². The molecule has 0 amide bonds. The molecule has 0 radical (unpaired) electrons. The lowest BCUT2D eigenvalue weighted by Gasteiger charge is -2.42. The minimum Gasteiger partial charge on any atom is -0.398 e. The summed E-state index contributed by atoms with van der Waals surface area (Å²) >= 11 is 0. The third-order valence-electron chi connectivity index (χ3n) is 5.62. The average molecular weight is 287 g/mol. The molecule has 2 saturated carbocycles. The van der Waals surface area contributed by atoms with Gasteiger partial charge in [-0.25, -0.2) is 0 Å². The maximum Gasteiger partial charge on any atom is 0.0433 e. The average Bonchev–Trinajstić information content (AvgIpc) is 2.48. The van der Waals surface area contributed by atoms with Crippen molar-refractivity contribution in [3.8, 4) is 0 Å². The number of nitrogen functional groups attached to an aromatic ring is 1. The smallest absolute Gasteiger partial charge is 0.0433 e. The van der Waals surface area contributed by atoms with Crippen LogP contribution in [0, 0.1) is 0 Å². The molecule has 3 nitrogen and oxygen atoms in total. The van der Waals surface area contributed by atoms with Crippen LogP contribution in [0.15, 0.2) is 18.2 Å². The van der Waals surface area contributed by atoms with Crippen LogP contribution in [0.3, 0.4) is 0 Å². The molecule has 0 heterocycles. The van der Waals surface area contributed by atoms with Crippen molar-refractivity contribution in [3.63, 3.8) is 0 Å². The largest absolute Gasteiger partial charge is 0.398 e. The Kier molecular flexibility index (Phi) is 3.98. The lowest BCUT2D eigenvalue weighted by atomic mass is 9.68. The van der Waals surface area contributed by atoms with E-state index in [0.29, 0.717) is 0 Å². The molecule has 116 valence electrons. The molecule has 2 aliphatic rings. The van der Waals surface area contributed by atoms with E-state index in [1.165, 1.54) is 44.1 Å². The van der Waals surface area contributed by atoms with Crippen LogP contribution in [0.25, 0.3) is 0 Å². The molecule has 3 heteroatoms. The molecule has 0 unspecified atom stereocenters. The number of hydrogen-bond acceptors (Lipinski definition) is 3. The summed E-state index contributed by atoms with van der Waals surface area (Å²) in [4.78, 5) is 0. The summed E-state index contributed by atoms with van der Waals surface area (Å²) in [5.74, 6) is 0. The Bertz CT molecular complexity index is 497. The van der Waals surface area contributed by atoms with Crippen LogP contribution >= 0.6 is 0 Å². The van der Waals surface area contributed by atoms with E-state index in [2.05, 4.69) is 6.07 Å². The molecule has 1 aromatic carbocycles. The Morgan fingerprint density at radius 2 is 1.24 bits per heavy atom. The van der Waals surface area contributed by atoms with Crippen molar-refractivity contribution in [2.75, 3.05) is 5.73 Å². The maximum absolute atomic E-state index is 6.81. The molecule has 0 saturated heterocycles. The van der Waals surface area contributed by atoms with E-state index in [0.717, 1.165) is 36.9 Å². The minimum absolute atomic E-state index is 0.229. The van der Waals surface area contributed by atoms with Gasteiger partial charge in [0.15, 0.2) is 0 Å². The Morgan fingerprint density at radius 1 is 0.714 bits per heavy atom. The molecular weight excluding hydrogens is 258 g/mol. The zero-order valence-electron chi connectivity index (χ0n) is 13.0. The fourth-order valence-corrected chi connectivity index (χ4v) is 4.43. The lowest BCUT2D eigenvalue weighted by molar-refractivity contribution is 0.272. The lowest BCUT2D eigenvalue weighted by Crippen LogP contribution is -2.46. The van der Waals surface area contributed by atoms with Gasteiger partial charge in [-0.3, -0.25) is 0 Å². The molecule has 0 spiro atoms. The second-order valence-corrected chi connectivity index (χ2v) is 7.20. The fourth-order valence-electron chi connectivity index (χ4n) is 4.43. The number of nitrogens with two attached hydrogens (primary N) is 3. The first kappa shape index (κ1) is 14.9. The quantitative estimate of drug-likeness (QED) is 0.728. The van der Waals surface area contributed by atoms with Gasteiger partial charge in [-0.15, -0.1) is 0 Å². The molecule has 0 atom stereocenters. The number of anilines is 1. The summed E-state index contributed by atoms with van der Waals surface area (Å²) in [6, 6.07) is 6.22. The van der Waals surface area contributed by atoms with Gasteiger partial charge >= 0.3 is 0 Å². The molecule has 21 heavy (non-hydrogen) atoms. The Morgan fingerprint density at radius 3 is 1.81 bits per heavy atom. The van der Waals surface area contributed by atoms with E-state index >= 15 is 0 Å². The van der Waals surface area contributed by atoms with Crippen LogP contribution in [0.4, 0.5) is 5.69 Å². The first-order valence-electron chi connectivity index (χ1n) is 8.52. The summed E-state index contributed by atoms with van der Waals surface area (Å²) in [6.07, 6.45) is 11.6. The van der Waals surface area contributed by atoms with Crippen LogP contribution in [0.1, 0.15) is 75.3 Å². The normalized spacial score (nSPS) is 24.7. The minimum atomic E-state index is -0.275. The van der Waals surface area contributed by atoms with Gasteiger partial charge < -0.3 is 17.2 Å². The van der Waals surface area contributed by atoms with Gasteiger partial charge in [0.2, 0.25) is 0 Å². The van der Waals surface area contributed by atoms with Gasteiger partial charge in [0, 0.05) is 16.8 Å². The van der Waals surface area contributed by atoms with Crippen molar-refractivity contribution in [3.05, 3.63) is 29.3 Å². The van der Waals surface area contributed by atoms with Crippen molar-refractivity contribution >= 4 is 5.69 Å². The van der Waals surface area contributed by atoms with Crippen molar-refractivity contribution in [1.29, 1.82) is 0 Å². The summed E-state index contributed by atoms with van der Waals surface area (Å²) < 4.78 is 0.